The quantitative estimate of drug-likeness (QED) is 0.603. The third-order valence-corrected chi connectivity index (χ3v) is 2.27. The minimum absolute atomic E-state index is 0.0194. The van der Waals surface area contributed by atoms with Crippen molar-refractivity contribution in [1.82, 2.24) is 9.97 Å². The van der Waals surface area contributed by atoms with E-state index in [1.807, 2.05) is 0 Å². The highest BCUT2D eigenvalue weighted by molar-refractivity contribution is 5.84. The van der Waals surface area contributed by atoms with Crippen molar-refractivity contribution in [3.8, 4) is 0 Å². The fourth-order valence-electron chi connectivity index (χ4n) is 1.45. The van der Waals surface area contributed by atoms with Crippen molar-refractivity contribution in [2.75, 3.05) is 6.54 Å². The zero-order chi connectivity index (χ0) is 12.0. The molecule has 1 aromatic heterocycles. The lowest BCUT2D eigenvalue weighted by Crippen LogP contribution is -2.21. The number of nitrogens with one attached hydrogen (secondary N) is 1. The molecule has 0 aliphatic rings. The molecule has 4 N–H and O–H groups in total. The number of carboxylic acid groups (broad SMARTS) is 1. The van der Waals surface area contributed by atoms with E-state index in [9.17, 15) is 9.59 Å². The number of carbonyl (C=O) groups is 2. The van der Waals surface area contributed by atoms with E-state index in [-0.39, 0.29) is 31.6 Å². The number of nitrogens with zero attached hydrogens (tertiary/aromatic N) is 1. The lowest BCUT2D eigenvalue weighted by molar-refractivity contribution is -0.143. The molecule has 0 fully saturated rings. The van der Waals surface area contributed by atoms with Gasteiger partial charge >= 0.3 is 5.97 Å². The van der Waals surface area contributed by atoms with E-state index < -0.39 is 11.9 Å². The van der Waals surface area contributed by atoms with Gasteiger partial charge in [-0.3, -0.25) is 9.59 Å². The van der Waals surface area contributed by atoms with Crippen LogP contribution in [0.3, 0.4) is 0 Å². The number of ketones is 1. The van der Waals surface area contributed by atoms with Gasteiger partial charge in [0.1, 0.15) is 5.78 Å². The topological polar surface area (TPSA) is 109 Å². The van der Waals surface area contributed by atoms with E-state index >= 15 is 0 Å². The highest BCUT2D eigenvalue weighted by atomic mass is 16.4. The van der Waals surface area contributed by atoms with Crippen LogP contribution in [-0.2, 0) is 16.0 Å². The van der Waals surface area contributed by atoms with Gasteiger partial charge in [0.2, 0.25) is 0 Å². The van der Waals surface area contributed by atoms with Crippen molar-refractivity contribution < 1.29 is 14.7 Å². The molecule has 0 saturated carbocycles. The molecule has 1 unspecified atom stereocenters. The predicted molar refractivity (Wildman–Crippen MR) is 56.7 cm³/mol. The molecule has 1 heterocycles. The van der Waals surface area contributed by atoms with E-state index in [0.29, 0.717) is 5.69 Å². The van der Waals surface area contributed by atoms with Crippen molar-refractivity contribution in [3.05, 3.63) is 18.2 Å². The van der Waals surface area contributed by atoms with E-state index in [0.717, 1.165) is 0 Å². The van der Waals surface area contributed by atoms with Crippen molar-refractivity contribution in [1.29, 1.82) is 0 Å². The number of nitrogens with two attached hydrogens (primary N) is 1. The number of rotatable bonds is 7. The van der Waals surface area contributed by atoms with Gasteiger partial charge in [-0.2, -0.15) is 0 Å². The molecule has 1 rings (SSSR count). The molecule has 0 aliphatic carbocycles. The monoisotopic (exact) mass is 225 g/mol. The van der Waals surface area contributed by atoms with Crippen LogP contribution in [0, 0.1) is 5.92 Å². The molecule has 0 radical (unpaired) electrons. The normalized spacial score (nSPS) is 12.3. The number of H-pyrrole nitrogens is 1. The Morgan fingerprint density at radius 2 is 2.31 bits per heavy atom. The minimum atomic E-state index is -0.972. The standard InChI is InChI=1S/C10H15N3O3/c11-2-1-9(14)4-7(10(15)16)3-8-5-12-6-13-8/h5-7H,1-4,11H2,(H,12,13)(H,15,16). The molecule has 0 bridgehead atoms. The number of aromatic amines is 1. The van der Waals surface area contributed by atoms with Crippen LogP contribution in [0.2, 0.25) is 0 Å². The predicted octanol–water partition coefficient (Wildman–Crippen LogP) is -0.0390. The number of imidazole rings is 1. The Morgan fingerprint density at radius 3 is 2.81 bits per heavy atom. The number of hydrogen-bond acceptors (Lipinski definition) is 4. The first-order valence-electron chi connectivity index (χ1n) is 5.05. The van der Waals surface area contributed by atoms with Gasteiger partial charge in [-0.1, -0.05) is 0 Å². The number of hydrogen-bond donors (Lipinski definition) is 3. The molecular formula is C10H15N3O3. The van der Waals surface area contributed by atoms with E-state index in [2.05, 4.69) is 9.97 Å². The zero-order valence-corrected chi connectivity index (χ0v) is 8.85. The first-order chi connectivity index (χ1) is 7.63. The smallest absolute Gasteiger partial charge is 0.307 e. The summed E-state index contributed by atoms with van der Waals surface area (Å²) >= 11 is 0. The molecule has 16 heavy (non-hydrogen) atoms. The molecule has 0 amide bonds. The third-order valence-electron chi connectivity index (χ3n) is 2.27. The maximum absolute atomic E-state index is 11.3. The number of Topliss-reactive ketones (excluding diaryl/α,β-unsaturated/α-hetero) is 1. The molecule has 0 aromatic carbocycles. The summed E-state index contributed by atoms with van der Waals surface area (Å²) in [6, 6.07) is 0. The van der Waals surface area contributed by atoms with Crippen molar-refractivity contribution in [2.45, 2.75) is 19.3 Å². The average Bonchev–Trinajstić information content (AvgIpc) is 2.69. The molecule has 0 spiro atoms. The van der Waals surface area contributed by atoms with E-state index in [1.165, 1.54) is 6.33 Å². The van der Waals surface area contributed by atoms with Crippen LogP contribution >= 0.6 is 0 Å². The molecule has 88 valence electrons. The van der Waals surface area contributed by atoms with E-state index in [1.54, 1.807) is 6.20 Å². The summed E-state index contributed by atoms with van der Waals surface area (Å²) in [4.78, 5) is 28.9. The molecule has 0 aliphatic heterocycles. The zero-order valence-electron chi connectivity index (χ0n) is 8.85. The SMILES string of the molecule is NCCC(=O)CC(Cc1cnc[nH]1)C(=O)O. The van der Waals surface area contributed by atoms with Gasteiger partial charge in [0.25, 0.3) is 0 Å². The van der Waals surface area contributed by atoms with Gasteiger partial charge in [0, 0.05) is 31.2 Å². The Hall–Kier alpha value is -1.69. The third kappa shape index (κ3) is 3.82. The van der Waals surface area contributed by atoms with Crippen LogP contribution in [0.1, 0.15) is 18.5 Å². The van der Waals surface area contributed by atoms with E-state index in [4.69, 9.17) is 10.8 Å². The summed E-state index contributed by atoms with van der Waals surface area (Å²) < 4.78 is 0. The summed E-state index contributed by atoms with van der Waals surface area (Å²) in [6.07, 6.45) is 3.57. The Bertz CT molecular complexity index is 348. The molecule has 6 nitrogen and oxygen atoms in total. The first-order valence-corrected chi connectivity index (χ1v) is 5.05. The second-order valence-corrected chi connectivity index (χ2v) is 3.60. The van der Waals surface area contributed by atoms with Gasteiger partial charge in [-0.05, 0) is 6.54 Å². The maximum atomic E-state index is 11.3. The van der Waals surface area contributed by atoms with Gasteiger partial charge in [-0.25, -0.2) is 4.98 Å². The van der Waals surface area contributed by atoms with Crippen LogP contribution < -0.4 is 5.73 Å². The van der Waals surface area contributed by atoms with Crippen LogP contribution in [0.15, 0.2) is 12.5 Å². The van der Waals surface area contributed by atoms with Gasteiger partial charge in [0.15, 0.2) is 0 Å². The second-order valence-electron chi connectivity index (χ2n) is 3.60. The Morgan fingerprint density at radius 1 is 1.56 bits per heavy atom. The first kappa shape index (κ1) is 12.4. The second kappa shape index (κ2) is 6.02. The minimum Gasteiger partial charge on any atom is -0.481 e. The number of carboxylic acids is 1. The van der Waals surface area contributed by atoms with Gasteiger partial charge in [-0.15, -0.1) is 0 Å². The largest absolute Gasteiger partial charge is 0.481 e. The Balaban J connectivity index is 2.54. The molecule has 1 atom stereocenters. The van der Waals surface area contributed by atoms with Crippen LogP contribution in [-0.4, -0.2) is 33.4 Å². The summed E-state index contributed by atoms with van der Waals surface area (Å²) in [5, 5.41) is 8.97. The van der Waals surface area contributed by atoms with Crippen LogP contribution in [0.25, 0.3) is 0 Å². The molecule has 1 aromatic rings. The number of aromatic nitrogens is 2. The molecular weight excluding hydrogens is 210 g/mol. The highest BCUT2D eigenvalue weighted by Crippen LogP contribution is 2.12. The number of carbonyl (C=O) groups excluding carboxylic acids is 1. The van der Waals surface area contributed by atoms with Crippen LogP contribution in [0.5, 0.6) is 0 Å². The van der Waals surface area contributed by atoms with Crippen LogP contribution in [0.4, 0.5) is 0 Å². The van der Waals surface area contributed by atoms with Crippen molar-refractivity contribution in [2.24, 2.45) is 11.7 Å². The Kier molecular flexibility index (Phi) is 4.65. The summed E-state index contributed by atoms with van der Waals surface area (Å²) in [5.41, 5.74) is 5.95. The maximum Gasteiger partial charge on any atom is 0.307 e. The summed E-state index contributed by atoms with van der Waals surface area (Å²) in [6.45, 7) is 0.259. The molecule has 6 heteroatoms. The fourth-order valence-corrected chi connectivity index (χ4v) is 1.45. The van der Waals surface area contributed by atoms with Crippen molar-refractivity contribution in [3.63, 3.8) is 0 Å². The lowest BCUT2D eigenvalue weighted by atomic mass is 9.96. The summed E-state index contributed by atoms with van der Waals surface area (Å²) in [5.74, 6) is -1.80. The molecule has 0 saturated heterocycles. The van der Waals surface area contributed by atoms with Crippen molar-refractivity contribution >= 4 is 11.8 Å². The van der Waals surface area contributed by atoms with Gasteiger partial charge in [0.05, 0.1) is 12.2 Å². The van der Waals surface area contributed by atoms with Gasteiger partial charge < -0.3 is 15.8 Å². The Labute approximate surface area is 92.9 Å². The average molecular weight is 225 g/mol. The highest BCUT2D eigenvalue weighted by Gasteiger charge is 2.21. The number of aliphatic carboxylic acids is 1. The fraction of sp³-hybridized carbons (Fsp3) is 0.500. The lowest BCUT2D eigenvalue weighted by Gasteiger charge is -2.09. The summed E-state index contributed by atoms with van der Waals surface area (Å²) in [7, 11) is 0.